The van der Waals surface area contributed by atoms with Gasteiger partial charge in [-0.25, -0.2) is 15.8 Å². The van der Waals surface area contributed by atoms with Gasteiger partial charge in [0.2, 0.25) is 5.88 Å². The Balaban J connectivity index is 1.49. The number of benzene rings is 1. The minimum absolute atomic E-state index is 0.239. The van der Waals surface area contributed by atoms with E-state index in [1.165, 1.54) is 13.3 Å². The van der Waals surface area contributed by atoms with Crippen molar-refractivity contribution in [1.29, 1.82) is 0 Å². The number of hydrogen-bond donors (Lipinski definition) is 4. The van der Waals surface area contributed by atoms with Gasteiger partial charge in [-0.05, 0) is 79.2 Å². The Morgan fingerprint density at radius 2 is 2.00 bits per heavy atom. The first-order chi connectivity index (χ1) is 19.0. The van der Waals surface area contributed by atoms with Crippen LogP contribution in [-0.4, -0.2) is 51.2 Å². The molecule has 39 heavy (non-hydrogen) atoms. The summed E-state index contributed by atoms with van der Waals surface area (Å²) < 4.78 is 5.22. The molecule has 0 saturated carbocycles. The highest BCUT2D eigenvalue weighted by Gasteiger charge is 2.18. The number of piperidine rings is 1. The van der Waals surface area contributed by atoms with E-state index in [1.807, 2.05) is 49.5 Å². The molecule has 1 saturated heterocycles. The van der Waals surface area contributed by atoms with Crippen LogP contribution in [0, 0.1) is 6.92 Å². The number of H-pyrrole nitrogens is 1. The third-order valence-electron chi connectivity index (χ3n) is 6.88. The summed E-state index contributed by atoms with van der Waals surface area (Å²) in [7, 11) is 1.53. The normalized spacial score (nSPS) is 14.3. The van der Waals surface area contributed by atoms with Gasteiger partial charge in [0, 0.05) is 24.1 Å². The molecule has 1 fully saturated rings. The van der Waals surface area contributed by atoms with Crippen molar-refractivity contribution >= 4 is 27.9 Å². The van der Waals surface area contributed by atoms with E-state index in [2.05, 4.69) is 32.2 Å². The molecule has 1 aliphatic rings. The first-order valence-electron chi connectivity index (χ1n) is 12.8. The Bertz CT molecular complexity index is 1590. The first kappa shape index (κ1) is 26.1. The maximum atomic E-state index is 12.8. The summed E-state index contributed by atoms with van der Waals surface area (Å²) in [4.78, 5) is 28.9. The van der Waals surface area contributed by atoms with E-state index in [4.69, 9.17) is 15.6 Å². The van der Waals surface area contributed by atoms with Crippen LogP contribution in [0.15, 0.2) is 72.6 Å². The summed E-state index contributed by atoms with van der Waals surface area (Å²) in [5.41, 5.74) is 4.64. The molecule has 4 aromatic rings. The molecular weight excluding hydrogens is 492 g/mol. The number of hydrazine groups is 1. The minimum Gasteiger partial charge on any atom is -0.480 e. The molecule has 200 valence electrons. The highest BCUT2D eigenvalue weighted by molar-refractivity contribution is 5.95. The first-order valence-corrected chi connectivity index (χ1v) is 12.8. The lowest BCUT2D eigenvalue weighted by Gasteiger charge is -2.30. The number of hydrogen-bond acceptors (Lipinski definition) is 9. The van der Waals surface area contributed by atoms with Crippen LogP contribution in [0.4, 0.5) is 11.5 Å². The van der Waals surface area contributed by atoms with Crippen molar-refractivity contribution in [2.75, 3.05) is 25.5 Å². The maximum absolute atomic E-state index is 12.8. The van der Waals surface area contributed by atoms with E-state index in [9.17, 15) is 4.79 Å². The number of ether oxygens (including phenoxy) is 1. The van der Waals surface area contributed by atoms with Crippen LogP contribution in [0.25, 0.3) is 27.7 Å². The second-order valence-corrected chi connectivity index (χ2v) is 9.45. The van der Waals surface area contributed by atoms with E-state index in [0.29, 0.717) is 34.5 Å². The summed E-state index contributed by atoms with van der Waals surface area (Å²) in [6.07, 6.45) is 10.5. The molecule has 0 unspecified atom stereocenters. The Morgan fingerprint density at radius 1 is 1.18 bits per heavy atom. The smallest absolute Gasteiger partial charge is 0.259 e. The van der Waals surface area contributed by atoms with Crippen LogP contribution in [0.1, 0.15) is 24.0 Å². The number of nitrogens with zero attached hydrogens (tertiary/aromatic N) is 4. The molecule has 5 rings (SSSR count). The molecule has 0 atom stereocenters. The summed E-state index contributed by atoms with van der Waals surface area (Å²) in [5.74, 6) is 7.20. The average Bonchev–Trinajstić information content (AvgIpc) is 2.96. The second-order valence-electron chi connectivity index (χ2n) is 9.45. The predicted octanol–water partition coefficient (Wildman–Crippen LogP) is 3.90. The van der Waals surface area contributed by atoms with E-state index < -0.39 is 0 Å². The number of aryl methyl sites for hydroxylation is 1. The molecule has 5 N–H and O–H groups in total. The zero-order valence-corrected chi connectivity index (χ0v) is 22.1. The molecule has 10 heteroatoms. The molecular formula is C29H32N8O2. The topological polar surface area (TPSA) is 134 Å². The van der Waals surface area contributed by atoms with Gasteiger partial charge in [-0.15, -0.1) is 0 Å². The number of fused-ring (bicyclic) bond motifs is 1. The quantitative estimate of drug-likeness (QED) is 0.154. The van der Waals surface area contributed by atoms with Gasteiger partial charge in [-0.3, -0.25) is 9.78 Å². The number of pyridine rings is 2. The highest BCUT2D eigenvalue weighted by atomic mass is 16.5. The number of nitrogens with one attached hydrogen (secondary N) is 3. The molecule has 1 aromatic carbocycles. The fourth-order valence-electron chi connectivity index (χ4n) is 4.81. The Hall–Kier alpha value is -4.54. The van der Waals surface area contributed by atoms with Gasteiger partial charge in [-0.1, -0.05) is 18.7 Å². The molecule has 0 bridgehead atoms. The van der Waals surface area contributed by atoms with Gasteiger partial charge in [0.05, 0.1) is 30.6 Å². The summed E-state index contributed by atoms with van der Waals surface area (Å²) in [6, 6.07) is 9.92. The van der Waals surface area contributed by atoms with E-state index in [-0.39, 0.29) is 5.56 Å². The second kappa shape index (κ2) is 11.5. The number of rotatable bonds is 8. The van der Waals surface area contributed by atoms with Crippen LogP contribution < -0.4 is 26.8 Å². The Labute approximate surface area is 226 Å². The number of aromatic nitrogens is 4. The molecule has 3 aromatic heterocycles. The lowest BCUT2D eigenvalue weighted by atomic mass is 9.99. The SMILES string of the molecule is C=C/C(=C\N(N)C1CCNCC1)c1ccc(Nc2nc(-c3cncc(OC)n3)cc3cc[nH]c(=O)c23)cc1C. The van der Waals surface area contributed by atoms with Crippen LogP contribution in [-0.2, 0) is 0 Å². The summed E-state index contributed by atoms with van der Waals surface area (Å²) in [5, 5.41) is 9.69. The number of aromatic amines is 1. The number of allylic oxidation sites excluding steroid dienone is 2. The third-order valence-corrected chi connectivity index (χ3v) is 6.88. The maximum Gasteiger partial charge on any atom is 0.259 e. The van der Waals surface area contributed by atoms with Crippen molar-refractivity contribution < 1.29 is 4.74 Å². The van der Waals surface area contributed by atoms with Crippen LogP contribution in [0.3, 0.4) is 0 Å². The summed E-state index contributed by atoms with van der Waals surface area (Å²) >= 11 is 0. The number of anilines is 2. The van der Waals surface area contributed by atoms with E-state index in [0.717, 1.165) is 53.7 Å². The van der Waals surface area contributed by atoms with Crippen molar-refractivity contribution in [3.63, 3.8) is 0 Å². The van der Waals surface area contributed by atoms with Crippen LogP contribution in [0.2, 0.25) is 0 Å². The van der Waals surface area contributed by atoms with Crippen LogP contribution >= 0.6 is 0 Å². The minimum atomic E-state index is -0.239. The Morgan fingerprint density at radius 3 is 2.74 bits per heavy atom. The fraction of sp³-hybridized carbons (Fsp3) is 0.241. The lowest BCUT2D eigenvalue weighted by molar-refractivity contribution is 0.231. The largest absolute Gasteiger partial charge is 0.480 e. The molecule has 4 heterocycles. The molecule has 0 aliphatic carbocycles. The van der Waals surface area contributed by atoms with Crippen molar-refractivity contribution in [3.05, 3.63) is 89.3 Å². The molecule has 1 aliphatic heterocycles. The van der Waals surface area contributed by atoms with Crippen molar-refractivity contribution in [1.82, 2.24) is 30.3 Å². The predicted molar refractivity (Wildman–Crippen MR) is 154 cm³/mol. The van der Waals surface area contributed by atoms with Gasteiger partial charge in [-0.2, -0.15) is 0 Å². The summed E-state index contributed by atoms with van der Waals surface area (Å²) in [6.45, 7) is 7.98. The van der Waals surface area contributed by atoms with E-state index >= 15 is 0 Å². The highest BCUT2D eigenvalue weighted by Crippen LogP contribution is 2.30. The molecule has 0 spiro atoms. The third kappa shape index (κ3) is 5.66. The monoisotopic (exact) mass is 524 g/mol. The zero-order chi connectivity index (χ0) is 27.4. The number of methoxy groups -OCH3 is 1. The van der Waals surface area contributed by atoms with Crippen molar-refractivity contribution in [3.8, 4) is 17.3 Å². The van der Waals surface area contributed by atoms with Gasteiger partial charge in [0.25, 0.3) is 5.56 Å². The van der Waals surface area contributed by atoms with Crippen molar-refractivity contribution in [2.45, 2.75) is 25.8 Å². The van der Waals surface area contributed by atoms with Gasteiger partial charge < -0.3 is 25.4 Å². The number of nitrogens with two attached hydrogens (primary N) is 1. The average molecular weight is 525 g/mol. The van der Waals surface area contributed by atoms with Crippen LogP contribution in [0.5, 0.6) is 5.88 Å². The van der Waals surface area contributed by atoms with Gasteiger partial charge in [0.15, 0.2) is 0 Å². The lowest BCUT2D eigenvalue weighted by Crippen LogP contribution is -2.44. The standard InChI is InChI=1S/C29H32N8O2/c1-4-19(17-37(30)22-8-10-31-11-9-22)23-6-5-21(13-18(23)2)34-28-27-20(7-12-33-29(27)38)14-24(36-28)25-15-32-16-26(35-25)39-3/h4-7,12-17,22,31H,1,8-11,30H2,2-3H3,(H,33,38)(H,34,36)/b19-17+. The van der Waals surface area contributed by atoms with Gasteiger partial charge in [0.1, 0.15) is 11.5 Å². The van der Waals surface area contributed by atoms with Gasteiger partial charge >= 0.3 is 0 Å². The van der Waals surface area contributed by atoms with E-state index in [1.54, 1.807) is 17.4 Å². The van der Waals surface area contributed by atoms with Crippen molar-refractivity contribution in [2.24, 2.45) is 5.84 Å². The Kier molecular flexibility index (Phi) is 7.67. The molecule has 10 nitrogen and oxygen atoms in total. The molecule has 0 radical (unpaired) electrons. The zero-order valence-electron chi connectivity index (χ0n) is 22.1. The molecule has 0 amide bonds. The fourth-order valence-corrected chi connectivity index (χ4v) is 4.81.